The van der Waals surface area contributed by atoms with E-state index in [-0.39, 0.29) is 5.97 Å². The Hall–Kier alpha value is -1.41. The van der Waals surface area contributed by atoms with E-state index in [1.54, 1.807) is 0 Å². The largest absolute Gasteiger partial charge is 0.515 e. The molecular weight excluding hydrogens is 298 g/mol. The summed E-state index contributed by atoms with van der Waals surface area (Å²) in [5.74, 6) is -0.365. The molecule has 0 unspecified atom stereocenters. The maximum absolute atomic E-state index is 12.3. The first-order chi connectivity index (χ1) is 9.57. The Morgan fingerprint density at radius 2 is 1.57 bits per heavy atom. The topological polar surface area (TPSA) is 47.9 Å². The fourth-order valence-corrected chi connectivity index (χ4v) is 2.52. The molecular formula is C15H25NO3Si2. The van der Waals surface area contributed by atoms with Gasteiger partial charge in [-0.15, -0.1) is 0 Å². The maximum Gasteiger partial charge on any atom is 0.343 e. The zero-order chi connectivity index (χ0) is 16.1. The Morgan fingerprint density at radius 1 is 1.00 bits per heavy atom. The van der Waals surface area contributed by atoms with Gasteiger partial charge in [-0.2, -0.15) is 0 Å². The molecule has 0 saturated heterocycles. The molecule has 0 fully saturated rings. The molecule has 0 heterocycles. The molecule has 1 aromatic rings. The van der Waals surface area contributed by atoms with Crippen molar-refractivity contribution in [1.82, 2.24) is 0 Å². The van der Waals surface area contributed by atoms with E-state index in [1.807, 2.05) is 69.6 Å². The van der Waals surface area contributed by atoms with Gasteiger partial charge in [0, 0.05) is 6.42 Å². The van der Waals surface area contributed by atoms with E-state index in [0.717, 1.165) is 5.56 Å². The van der Waals surface area contributed by atoms with Crippen molar-refractivity contribution in [3.8, 4) is 0 Å². The van der Waals surface area contributed by atoms with E-state index in [1.165, 1.54) is 0 Å². The van der Waals surface area contributed by atoms with Crippen molar-refractivity contribution in [2.24, 2.45) is 5.16 Å². The van der Waals surface area contributed by atoms with Crippen LogP contribution in [0.3, 0.4) is 0 Å². The van der Waals surface area contributed by atoms with Crippen molar-refractivity contribution in [3.63, 3.8) is 0 Å². The van der Waals surface area contributed by atoms with Gasteiger partial charge in [0.05, 0.1) is 0 Å². The third-order valence-corrected chi connectivity index (χ3v) is 3.72. The van der Waals surface area contributed by atoms with E-state index in [4.69, 9.17) is 8.95 Å². The SMILES string of the molecule is C[Si](C)(C)O/N=C(\Cc1ccccc1)C(=O)O[Si](C)(C)C. The van der Waals surface area contributed by atoms with Gasteiger partial charge in [-0.3, -0.25) is 0 Å². The number of benzene rings is 1. The summed E-state index contributed by atoms with van der Waals surface area (Å²) in [6.45, 7) is 12.0. The molecule has 0 bridgehead atoms. The minimum atomic E-state index is -1.95. The minimum absolute atomic E-state index is 0.339. The summed E-state index contributed by atoms with van der Waals surface area (Å²) in [5, 5.41) is 4.10. The Bertz CT molecular complexity index is 502. The van der Waals surface area contributed by atoms with E-state index in [0.29, 0.717) is 12.1 Å². The Morgan fingerprint density at radius 3 is 2.05 bits per heavy atom. The number of rotatable bonds is 6. The molecule has 116 valence electrons. The lowest BCUT2D eigenvalue weighted by Gasteiger charge is -2.19. The van der Waals surface area contributed by atoms with Gasteiger partial charge in [0.2, 0.25) is 8.32 Å². The molecule has 21 heavy (non-hydrogen) atoms. The van der Waals surface area contributed by atoms with Crippen molar-refractivity contribution < 1.29 is 13.7 Å². The van der Waals surface area contributed by atoms with Gasteiger partial charge >= 0.3 is 5.97 Å². The number of carbonyl (C=O) groups excluding carboxylic acids is 1. The van der Waals surface area contributed by atoms with Crippen molar-refractivity contribution in [3.05, 3.63) is 35.9 Å². The third-order valence-electron chi connectivity index (χ3n) is 2.28. The average molecular weight is 324 g/mol. The van der Waals surface area contributed by atoms with Crippen LogP contribution in [0.2, 0.25) is 39.3 Å². The van der Waals surface area contributed by atoms with Gasteiger partial charge in [-0.25, -0.2) is 4.79 Å². The van der Waals surface area contributed by atoms with Gasteiger partial charge in [0.15, 0.2) is 5.71 Å². The molecule has 0 spiro atoms. The molecule has 0 radical (unpaired) electrons. The Kier molecular flexibility index (Phi) is 5.91. The number of hydrogen-bond donors (Lipinski definition) is 0. The summed E-state index contributed by atoms with van der Waals surface area (Å²) < 4.78 is 11.1. The van der Waals surface area contributed by atoms with E-state index in [9.17, 15) is 4.79 Å². The molecule has 0 N–H and O–H groups in total. The van der Waals surface area contributed by atoms with Crippen molar-refractivity contribution in [2.75, 3.05) is 0 Å². The second kappa shape index (κ2) is 7.04. The third kappa shape index (κ3) is 7.82. The highest BCUT2D eigenvalue weighted by Gasteiger charge is 2.25. The summed E-state index contributed by atoms with van der Waals surface area (Å²) in [5.41, 5.74) is 1.36. The van der Waals surface area contributed by atoms with Gasteiger partial charge in [0.1, 0.15) is 0 Å². The van der Waals surface area contributed by atoms with Crippen LogP contribution >= 0.6 is 0 Å². The van der Waals surface area contributed by atoms with E-state index in [2.05, 4.69) is 5.16 Å². The normalized spacial score (nSPS) is 13.0. The van der Waals surface area contributed by atoms with Crippen LogP contribution in [0.5, 0.6) is 0 Å². The summed E-state index contributed by atoms with van der Waals surface area (Å²) in [7, 11) is -3.78. The molecule has 0 aliphatic rings. The molecule has 0 aliphatic carbocycles. The summed E-state index contributed by atoms with van der Waals surface area (Å²) in [6.07, 6.45) is 0.425. The summed E-state index contributed by atoms with van der Waals surface area (Å²) in [4.78, 5) is 12.3. The maximum atomic E-state index is 12.3. The van der Waals surface area contributed by atoms with Crippen LogP contribution in [0.15, 0.2) is 35.5 Å². The number of oxime groups is 1. The molecule has 0 aromatic heterocycles. The molecule has 4 nitrogen and oxygen atoms in total. The molecule has 0 aliphatic heterocycles. The van der Waals surface area contributed by atoms with Crippen LogP contribution in [0, 0.1) is 0 Å². The van der Waals surface area contributed by atoms with Gasteiger partial charge in [-0.1, -0.05) is 35.5 Å². The standard InChI is InChI=1S/C15H25NO3Si2/c1-20(2,3)18-15(17)14(16-19-21(4,5)6)12-13-10-8-7-9-11-13/h7-11H,12H2,1-6H3/b16-14+. The number of carbonyl (C=O) groups is 1. The number of hydrogen-bond acceptors (Lipinski definition) is 4. The monoisotopic (exact) mass is 323 g/mol. The van der Waals surface area contributed by atoms with Crippen LogP contribution in [-0.4, -0.2) is 28.3 Å². The highest BCUT2D eigenvalue weighted by Crippen LogP contribution is 2.10. The second-order valence-corrected chi connectivity index (χ2v) is 15.7. The highest BCUT2D eigenvalue weighted by molar-refractivity contribution is 6.73. The van der Waals surface area contributed by atoms with Crippen LogP contribution in [-0.2, 0) is 20.2 Å². The lowest BCUT2D eigenvalue weighted by atomic mass is 10.1. The molecule has 1 aromatic carbocycles. The quantitative estimate of drug-likeness (QED) is 0.454. The molecule has 0 amide bonds. The predicted molar refractivity (Wildman–Crippen MR) is 91.5 cm³/mol. The first kappa shape index (κ1) is 17.6. The van der Waals surface area contributed by atoms with Gasteiger partial charge < -0.3 is 8.95 Å². The Balaban J connectivity index is 2.92. The molecule has 0 saturated carbocycles. The Labute approximate surface area is 129 Å². The predicted octanol–water partition coefficient (Wildman–Crippen LogP) is 3.81. The highest BCUT2D eigenvalue weighted by atomic mass is 28.4. The summed E-state index contributed by atoms with van der Waals surface area (Å²) >= 11 is 0. The fourth-order valence-electron chi connectivity index (χ4n) is 1.46. The first-order valence-corrected chi connectivity index (χ1v) is 13.9. The average Bonchev–Trinajstić information content (AvgIpc) is 2.32. The van der Waals surface area contributed by atoms with Crippen LogP contribution in [0.1, 0.15) is 5.56 Å². The second-order valence-electron chi connectivity index (χ2n) is 6.91. The first-order valence-electron chi connectivity index (χ1n) is 7.09. The van der Waals surface area contributed by atoms with Crippen LogP contribution in [0.4, 0.5) is 0 Å². The zero-order valence-electron chi connectivity index (χ0n) is 13.8. The molecule has 0 atom stereocenters. The lowest BCUT2D eigenvalue weighted by molar-refractivity contribution is -0.127. The van der Waals surface area contributed by atoms with E-state index < -0.39 is 16.6 Å². The smallest absolute Gasteiger partial charge is 0.343 e. The fraction of sp³-hybridized carbons (Fsp3) is 0.467. The zero-order valence-corrected chi connectivity index (χ0v) is 15.8. The van der Waals surface area contributed by atoms with Crippen molar-refractivity contribution in [1.29, 1.82) is 0 Å². The van der Waals surface area contributed by atoms with Gasteiger partial charge in [0.25, 0.3) is 8.32 Å². The summed E-state index contributed by atoms with van der Waals surface area (Å²) in [6, 6.07) is 9.75. The molecule has 1 rings (SSSR count). The van der Waals surface area contributed by atoms with Crippen LogP contribution < -0.4 is 0 Å². The van der Waals surface area contributed by atoms with Crippen molar-refractivity contribution >= 4 is 28.3 Å². The molecule has 6 heteroatoms. The number of nitrogens with zero attached hydrogens (tertiary/aromatic N) is 1. The minimum Gasteiger partial charge on any atom is -0.515 e. The van der Waals surface area contributed by atoms with Crippen LogP contribution in [0.25, 0.3) is 0 Å². The van der Waals surface area contributed by atoms with Crippen molar-refractivity contribution in [2.45, 2.75) is 45.7 Å². The van der Waals surface area contributed by atoms with Gasteiger partial charge in [-0.05, 0) is 44.8 Å². The lowest BCUT2D eigenvalue weighted by Crippen LogP contribution is -2.34. The van der Waals surface area contributed by atoms with E-state index >= 15 is 0 Å².